The van der Waals surface area contributed by atoms with Gasteiger partial charge in [-0.3, -0.25) is 0 Å². The molecule has 0 bridgehead atoms. The highest BCUT2D eigenvalue weighted by atomic mass is 16.6. The number of nitrogens with two attached hydrogens (primary N) is 1. The average molecular weight is 294 g/mol. The number of aliphatic hydroxyl groups excluding tert-OH is 3. The highest BCUT2D eigenvalue weighted by molar-refractivity contribution is 5.64. The Morgan fingerprint density at radius 2 is 2.14 bits per heavy atom. The summed E-state index contributed by atoms with van der Waals surface area (Å²) in [5.74, 6) is 5.29. The van der Waals surface area contributed by atoms with E-state index in [0.717, 1.165) is 0 Å². The summed E-state index contributed by atoms with van der Waals surface area (Å²) in [6.45, 7) is -0.389. The Balaban J connectivity index is 2.04. The average Bonchev–Trinajstić information content (AvgIpc) is 3.03. The summed E-state index contributed by atoms with van der Waals surface area (Å²) in [6.07, 6.45) is -2.75. The van der Waals surface area contributed by atoms with E-state index in [-0.39, 0.29) is 12.4 Å². The molecule has 1 aliphatic heterocycles. The van der Waals surface area contributed by atoms with Crippen molar-refractivity contribution in [2.45, 2.75) is 24.4 Å². The molecule has 0 amide bonds. The molecule has 3 heterocycles. The summed E-state index contributed by atoms with van der Waals surface area (Å²) in [4.78, 5) is 3.94. The largest absolute Gasteiger partial charge is 0.394 e. The van der Waals surface area contributed by atoms with E-state index < -0.39 is 24.4 Å². The Hall–Kier alpha value is -2.14. The van der Waals surface area contributed by atoms with Crippen molar-refractivity contribution in [2.24, 2.45) is 16.2 Å². The zero-order chi connectivity index (χ0) is 15.0. The topological polar surface area (TPSA) is 151 Å². The van der Waals surface area contributed by atoms with Crippen LogP contribution in [0.3, 0.4) is 0 Å². The van der Waals surface area contributed by atoms with Crippen LogP contribution in [0.25, 0.3) is 5.52 Å². The van der Waals surface area contributed by atoms with Crippen LogP contribution in [0.1, 0.15) is 11.8 Å². The van der Waals surface area contributed by atoms with Gasteiger partial charge in [-0.2, -0.15) is 5.10 Å². The molecule has 21 heavy (non-hydrogen) atoms. The van der Waals surface area contributed by atoms with Crippen LogP contribution in [0.2, 0.25) is 0 Å². The molecule has 10 nitrogen and oxygen atoms in total. The first-order chi connectivity index (χ1) is 10.2. The van der Waals surface area contributed by atoms with E-state index in [0.29, 0.717) is 11.2 Å². The van der Waals surface area contributed by atoms with Crippen LogP contribution in [0.5, 0.6) is 0 Å². The third-order valence-corrected chi connectivity index (χ3v) is 3.45. The molecule has 0 saturated carbocycles. The fraction of sp³-hybridized carbons (Fsp3) is 0.455. The van der Waals surface area contributed by atoms with Crippen LogP contribution in [0, 0.1) is 0 Å². The van der Waals surface area contributed by atoms with Crippen LogP contribution in [0.4, 0.5) is 5.82 Å². The number of nitrogens with zero attached hydrogens (tertiary/aromatic N) is 5. The van der Waals surface area contributed by atoms with E-state index in [1.54, 1.807) is 12.1 Å². The van der Waals surface area contributed by atoms with E-state index in [2.05, 4.69) is 20.4 Å². The van der Waals surface area contributed by atoms with E-state index in [4.69, 9.17) is 15.7 Å². The fourth-order valence-corrected chi connectivity index (χ4v) is 2.43. The summed E-state index contributed by atoms with van der Waals surface area (Å²) in [6, 6.07) is 3.34. The van der Waals surface area contributed by atoms with Gasteiger partial charge < -0.3 is 25.9 Å². The first-order valence-electron chi connectivity index (χ1n) is 6.23. The Labute approximate surface area is 118 Å². The van der Waals surface area contributed by atoms with Gasteiger partial charge in [0.25, 0.3) is 0 Å². The molecule has 0 radical (unpaired) electrons. The van der Waals surface area contributed by atoms with Gasteiger partial charge in [0.1, 0.15) is 36.3 Å². The zero-order valence-electron chi connectivity index (χ0n) is 10.8. The molecule has 0 spiro atoms. The molecule has 0 unspecified atom stereocenters. The molecule has 5 N–H and O–H groups in total. The van der Waals surface area contributed by atoms with Gasteiger partial charge in [-0.1, -0.05) is 5.22 Å². The van der Waals surface area contributed by atoms with Crippen molar-refractivity contribution in [1.29, 1.82) is 0 Å². The van der Waals surface area contributed by atoms with Gasteiger partial charge in [-0.05, 0) is 12.1 Å². The van der Waals surface area contributed by atoms with Crippen LogP contribution >= 0.6 is 0 Å². The summed E-state index contributed by atoms with van der Waals surface area (Å²) in [5.41, 5.74) is 1.03. The van der Waals surface area contributed by atoms with Gasteiger partial charge >= 0.3 is 0 Å². The summed E-state index contributed by atoms with van der Waals surface area (Å²) < 4.78 is 6.95. The first kappa shape index (κ1) is 13.8. The molecule has 1 fully saturated rings. The predicted octanol–water partition coefficient (Wildman–Crippen LogP) is -1.16. The predicted molar refractivity (Wildman–Crippen MR) is 68.4 cm³/mol. The van der Waals surface area contributed by atoms with E-state index in [1.165, 1.54) is 10.8 Å². The van der Waals surface area contributed by atoms with Crippen molar-refractivity contribution in [3.63, 3.8) is 0 Å². The van der Waals surface area contributed by atoms with Crippen LogP contribution < -0.4 is 5.84 Å². The molecule has 0 aliphatic carbocycles. The maximum absolute atomic E-state index is 10.1. The molecular formula is C11H14N6O4. The molecular weight excluding hydrogens is 280 g/mol. The number of ether oxygens (including phenoxy) is 1. The van der Waals surface area contributed by atoms with Gasteiger partial charge in [0.05, 0.1) is 12.3 Å². The Morgan fingerprint density at radius 3 is 2.81 bits per heavy atom. The first-order valence-corrected chi connectivity index (χ1v) is 6.23. The second-order valence-corrected chi connectivity index (χ2v) is 4.61. The number of rotatable bonds is 3. The van der Waals surface area contributed by atoms with Gasteiger partial charge in [-0.15, -0.1) is 5.11 Å². The third-order valence-electron chi connectivity index (χ3n) is 3.45. The number of hydrogen-bond donors (Lipinski definition) is 4. The smallest absolute Gasteiger partial charge is 0.203 e. The lowest BCUT2D eigenvalue weighted by Gasteiger charge is -2.14. The van der Waals surface area contributed by atoms with Crippen molar-refractivity contribution in [3.05, 3.63) is 24.2 Å². The van der Waals surface area contributed by atoms with Crippen LogP contribution in [-0.2, 0) is 4.74 Å². The normalized spacial score (nSPS) is 29.7. The lowest BCUT2D eigenvalue weighted by Crippen LogP contribution is -2.32. The fourth-order valence-electron chi connectivity index (χ4n) is 2.43. The highest BCUT2D eigenvalue weighted by Crippen LogP contribution is 2.34. The van der Waals surface area contributed by atoms with E-state index in [9.17, 15) is 10.2 Å². The number of aromatic nitrogens is 3. The molecule has 2 aromatic heterocycles. The van der Waals surface area contributed by atoms with Gasteiger partial charge in [0, 0.05) is 0 Å². The monoisotopic (exact) mass is 294 g/mol. The SMILES string of the molecule is NN=Nc1ncnn2c([C@@H]3O[C@H](CO)[C@@H](O)[C@H]3O)ccc12. The summed E-state index contributed by atoms with van der Waals surface area (Å²) >= 11 is 0. The second kappa shape index (κ2) is 5.33. The van der Waals surface area contributed by atoms with Gasteiger partial charge in [0.15, 0.2) is 0 Å². The van der Waals surface area contributed by atoms with Crippen LogP contribution in [-0.4, -0.2) is 54.8 Å². The lowest BCUT2D eigenvalue weighted by atomic mass is 10.1. The molecule has 4 atom stereocenters. The van der Waals surface area contributed by atoms with E-state index >= 15 is 0 Å². The zero-order valence-corrected chi connectivity index (χ0v) is 10.8. The number of hydrogen-bond acceptors (Lipinski definition) is 8. The van der Waals surface area contributed by atoms with Gasteiger partial charge in [0.2, 0.25) is 5.82 Å². The molecule has 0 aromatic carbocycles. The highest BCUT2D eigenvalue weighted by Gasteiger charge is 2.44. The molecule has 3 rings (SSSR count). The van der Waals surface area contributed by atoms with Crippen LogP contribution in [0.15, 0.2) is 28.8 Å². The maximum Gasteiger partial charge on any atom is 0.203 e. The molecule has 112 valence electrons. The third kappa shape index (κ3) is 2.14. The van der Waals surface area contributed by atoms with Crippen molar-refractivity contribution in [3.8, 4) is 0 Å². The Bertz CT molecular complexity index is 674. The Kier molecular flexibility index (Phi) is 3.51. The maximum atomic E-state index is 10.1. The van der Waals surface area contributed by atoms with Crippen molar-refractivity contribution < 1.29 is 20.1 Å². The molecule has 2 aromatic rings. The van der Waals surface area contributed by atoms with Crippen molar-refractivity contribution in [1.82, 2.24) is 14.6 Å². The minimum absolute atomic E-state index is 0.269. The molecule has 10 heteroatoms. The minimum atomic E-state index is -1.17. The second-order valence-electron chi connectivity index (χ2n) is 4.61. The summed E-state index contributed by atoms with van der Waals surface area (Å²) in [7, 11) is 0. The van der Waals surface area contributed by atoms with E-state index in [1.807, 2.05) is 0 Å². The number of fused-ring (bicyclic) bond motifs is 1. The molecule has 1 aliphatic rings. The van der Waals surface area contributed by atoms with Crippen molar-refractivity contribution in [2.75, 3.05) is 6.61 Å². The van der Waals surface area contributed by atoms with Gasteiger partial charge in [-0.25, -0.2) is 9.50 Å². The molecule has 1 saturated heterocycles. The summed E-state index contributed by atoms with van der Waals surface area (Å²) in [5, 5.41) is 39.9. The number of aliphatic hydroxyl groups is 3. The lowest BCUT2D eigenvalue weighted by molar-refractivity contribution is -0.0244. The van der Waals surface area contributed by atoms with Crippen molar-refractivity contribution >= 4 is 11.3 Å². The quantitative estimate of drug-likeness (QED) is 0.316. The Morgan fingerprint density at radius 1 is 1.33 bits per heavy atom. The standard InChI is InChI=1S/C11H14N6O4/c12-16-15-11-6-2-1-5(17(6)14-4-13-11)10-9(20)8(19)7(3-18)21-10/h1-2,4,7-10,18-20H,3H2,(H2,12,13,14,15)/t7-,8-,9-,10+/m1/s1. The minimum Gasteiger partial charge on any atom is -0.394 e.